The molecule has 150 valence electrons. The van der Waals surface area contributed by atoms with Crippen molar-refractivity contribution < 1.29 is 22.8 Å². The average Bonchev–Trinajstić information content (AvgIpc) is 2.63. The molecule has 0 fully saturated rings. The van der Waals surface area contributed by atoms with Gasteiger partial charge in [0.2, 0.25) is 5.91 Å². The van der Waals surface area contributed by atoms with E-state index in [1.807, 2.05) is 0 Å². The molecule has 0 radical (unpaired) electrons. The number of nitrogens with zero attached hydrogens (tertiary/aromatic N) is 2. The van der Waals surface area contributed by atoms with Gasteiger partial charge in [0.05, 0.1) is 12.2 Å². The lowest BCUT2D eigenvalue weighted by Gasteiger charge is -2.22. The molecule has 10 heteroatoms. The van der Waals surface area contributed by atoms with E-state index in [1.54, 1.807) is 30.3 Å². The van der Waals surface area contributed by atoms with E-state index in [0.717, 1.165) is 10.8 Å². The van der Waals surface area contributed by atoms with E-state index in [4.69, 9.17) is 5.73 Å². The van der Waals surface area contributed by atoms with Crippen molar-refractivity contribution in [3.05, 3.63) is 46.9 Å². The van der Waals surface area contributed by atoms with Crippen LogP contribution >= 0.6 is 0 Å². The Kier molecular flexibility index (Phi) is 6.22. The molecule has 1 atom stereocenters. The van der Waals surface area contributed by atoms with Crippen molar-refractivity contribution >= 4 is 17.4 Å². The van der Waals surface area contributed by atoms with Gasteiger partial charge < -0.3 is 11.1 Å². The first-order valence-electron chi connectivity index (χ1n) is 8.33. The van der Waals surface area contributed by atoms with Gasteiger partial charge in [-0.1, -0.05) is 44.2 Å². The number of hydrogen-bond donors (Lipinski definition) is 2. The van der Waals surface area contributed by atoms with Gasteiger partial charge in [-0.3, -0.25) is 19.0 Å². The van der Waals surface area contributed by atoms with Crippen molar-refractivity contribution in [2.75, 3.05) is 5.73 Å². The average molecular weight is 396 g/mol. The van der Waals surface area contributed by atoms with Gasteiger partial charge in [-0.05, 0) is 5.92 Å². The third kappa shape index (κ3) is 4.76. The quantitative estimate of drug-likeness (QED) is 0.774. The minimum absolute atomic E-state index is 0.123. The van der Waals surface area contributed by atoms with E-state index in [0.29, 0.717) is 5.56 Å². The molecule has 7 nitrogen and oxygen atoms in total. The van der Waals surface area contributed by atoms with Crippen molar-refractivity contribution in [2.24, 2.45) is 5.92 Å². The first-order chi connectivity index (χ1) is 13.0. The molecule has 28 heavy (non-hydrogen) atoms. The van der Waals surface area contributed by atoms with E-state index in [-0.39, 0.29) is 11.5 Å². The number of rotatable bonds is 6. The first-order valence-corrected chi connectivity index (χ1v) is 8.33. The van der Waals surface area contributed by atoms with E-state index in [2.05, 4.69) is 10.3 Å². The number of alkyl halides is 3. The van der Waals surface area contributed by atoms with Gasteiger partial charge in [0.25, 0.3) is 11.3 Å². The standard InChI is InChI=1S/C18H19F3N4O3/c1-10(2)14(15(27)18(19,20)21)24-13(26)9-25-16(11-6-4-3-5-7-11)23-8-12(22)17(25)28/h3-8,10,14H,9,22H2,1-2H3,(H,24,26). The highest BCUT2D eigenvalue weighted by atomic mass is 19.4. The monoisotopic (exact) mass is 396 g/mol. The van der Waals surface area contributed by atoms with Gasteiger partial charge in [0.1, 0.15) is 18.1 Å². The van der Waals surface area contributed by atoms with Crippen LogP contribution in [0.3, 0.4) is 0 Å². The molecule has 1 aromatic carbocycles. The molecule has 0 aliphatic carbocycles. The second kappa shape index (κ2) is 8.24. The Morgan fingerprint density at radius 1 is 1.21 bits per heavy atom. The van der Waals surface area contributed by atoms with Crippen molar-refractivity contribution in [1.29, 1.82) is 0 Å². The number of Topliss-reactive ketones (excluding diaryl/α,β-unsaturated/α-hetero) is 1. The zero-order valence-corrected chi connectivity index (χ0v) is 15.2. The number of ketones is 1. The zero-order chi connectivity index (χ0) is 21.1. The van der Waals surface area contributed by atoms with Gasteiger partial charge in [-0.25, -0.2) is 4.98 Å². The lowest BCUT2D eigenvalue weighted by atomic mass is 9.99. The minimum atomic E-state index is -5.09. The van der Waals surface area contributed by atoms with Crippen molar-refractivity contribution in [1.82, 2.24) is 14.9 Å². The molecule has 0 aliphatic rings. The molecule has 0 saturated heterocycles. The van der Waals surface area contributed by atoms with Crippen LogP contribution in [0.25, 0.3) is 11.4 Å². The number of carbonyl (C=O) groups excluding carboxylic acids is 2. The molecule has 3 N–H and O–H groups in total. The van der Waals surface area contributed by atoms with E-state index < -0.39 is 41.9 Å². The fraction of sp³-hybridized carbons (Fsp3) is 0.333. The molecule has 1 heterocycles. The van der Waals surface area contributed by atoms with Gasteiger partial charge in [-0.15, -0.1) is 0 Å². The number of nitrogen functional groups attached to an aromatic ring is 1. The molecule has 1 amide bonds. The predicted molar refractivity (Wildman–Crippen MR) is 96.2 cm³/mol. The highest BCUT2D eigenvalue weighted by Gasteiger charge is 2.45. The van der Waals surface area contributed by atoms with Crippen LogP contribution in [-0.2, 0) is 16.1 Å². The highest BCUT2D eigenvalue weighted by molar-refractivity contribution is 5.93. The topological polar surface area (TPSA) is 107 Å². The summed E-state index contributed by atoms with van der Waals surface area (Å²) >= 11 is 0. The van der Waals surface area contributed by atoms with E-state index >= 15 is 0 Å². The lowest BCUT2D eigenvalue weighted by molar-refractivity contribution is -0.174. The maximum Gasteiger partial charge on any atom is 0.452 e. The summed E-state index contributed by atoms with van der Waals surface area (Å²) in [5.41, 5.74) is 5.14. The number of halogens is 3. The van der Waals surface area contributed by atoms with Crippen LogP contribution in [0.5, 0.6) is 0 Å². The summed E-state index contributed by atoms with van der Waals surface area (Å²) in [6.07, 6.45) is -3.95. The number of amides is 1. The summed E-state index contributed by atoms with van der Waals surface area (Å²) in [4.78, 5) is 40.4. The van der Waals surface area contributed by atoms with Crippen LogP contribution in [0.1, 0.15) is 13.8 Å². The summed E-state index contributed by atoms with van der Waals surface area (Å²) in [5, 5.41) is 2.06. The Balaban J connectivity index is 2.34. The number of aromatic nitrogens is 2. The smallest absolute Gasteiger partial charge is 0.393 e. The maximum absolute atomic E-state index is 12.8. The zero-order valence-electron chi connectivity index (χ0n) is 15.2. The molecule has 1 unspecified atom stereocenters. The molecule has 1 aromatic heterocycles. The van der Waals surface area contributed by atoms with Crippen LogP contribution in [0.15, 0.2) is 41.3 Å². The Labute approximate surface area is 158 Å². The number of hydrogen-bond acceptors (Lipinski definition) is 5. The van der Waals surface area contributed by atoms with Crippen LogP contribution < -0.4 is 16.6 Å². The van der Waals surface area contributed by atoms with Gasteiger partial charge in [0, 0.05) is 5.56 Å². The molecule has 2 aromatic rings. The second-order valence-corrected chi connectivity index (χ2v) is 6.45. The number of carbonyl (C=O) groups is 2. The summed E-state index contributed by atoms with van der Waals surface area (Å²) in [6.45, 7) is 2.10. The predicted octanol–water partition coefficient (Wildman–Crippen LogP) is 1.76. The van der Waals surface area contributed by atoms with Crippen LogP contribution in [0.4, 0.5) is 18.9 Å². The molecular weight excluding hydrogens is 377 g/mol. The number of benzene rings is 1. The maximum atomic E-state index is 12.8. The highest BCUT2D eigenvalue weighted by Crippen LogP contribution is 2.21. The van der Waals surface area contributed by atoms with Gasteiger partial charge in [0.15, 0.2) is 0 Å². The molecule has 0 bridgehead atoms. The normalized spacial score (nSPS) is 12.6. The summed E-state index contributed by atoms with van der Waals surface area (Å²) in [7, 11) is 0. The van der Waals surface area contributed by atoms with Crippen molar-refractivity contribution in [2.45, 2.75) is 32.6 Å². The SMILES string of the molecule is CC(C)C(NC(=O)Cn1c(-c2ccccc2)ncc(N)c1=O)C(=O)C(F)(F)F. The number of anilines is 1. The second-order valence-electron chi connectivity index (χ2n) is 6.45. The Hall–Kier alpha value is -3.17. The fourth-order valence-electron chi connectivity index (χ4n) is 2.55. The lowest BCUT2D eigenvalue weighted by Crippen LogP contribution is -2.51. The summed E-state index contributed by atoms with van der Waals surface area (Å²) < 4.78 is 39.2. The van der Waals surface area contributed by atoms with Crippen LogP contribution in [-0.4, -0.2) is 33.5 Å². The minimum Gasteiger partial charge on any atom is -0.393 e. The third-order valence-corrected chi connectivity index (χ3v) is 3.95. The molecule has 0 saturated carbocycles. The molecule has 0 spiro atoms. The first kappa shape index (κ1) is 21.1. The van der Waals surface area contributed by atoms with Crippen LogP contribution in [0.2, 0.25) is 0 Å². The fourth-order valence-corrected chi connectivity index (χ4v) is 2.55. The number of nitrogens with one attached hydrogen (secondary N) is 1. The van der Waals surface area contributed by atoms with Gasteiger partial charge >= 0.3 is 6.18 Å². The van der Waals surface area contributed by atoms with Crippen molar-refractivity contribution in [3.63, 3.8) is 0 Å². The van der Waals surface area contributed by atoms with Crippen LogP contribution in [0, 0.1) is 5.92 Å². The largest absolute Gasteiger partial charge is 0.452 e. The van der Waals surface area contributed by atoms with E-state index in [9.17, 15) is 27.6 Å². The molecule has 2 rings (SSSR count). The third-order valence-electron chi connectivity index (χ3n) is 3.95. The summed E-state index contributed by atoms with van der Waals surface area (Å²) in [6, 6.07) is 6.66. The van der Waals surface area contributed by atoms with Gasteiger partial charge in [-0.2, -0.15) is 13.2 Å². The Morgan fingerprint density at radius 3 is 2.36 bits per heavy atom. The Bertz CT molecular complexity index is 924. The molecule has 0 aliphatic heterocycles. The molecular formula is C18H19F3N4O3. The van der Waals surface area contributed by atoms with Crippen molar-refractivity contribution in [3.8, 4) is 11.4 Å². The Morgan fingerprint density at radius 2 is 1.82 bits per heavy atom. The van der Waals surface area contributed by atoms with E-state index in [1.165, 1.54) is 13.8 Å². The number of nitrogens with two attached hydrogens (primary N) is 1. The summed E-state index contributed by atoms with van der Waals surface area (Å²) in [5.74, 6) is -3.68.